The summed E-state index contributed by atoms with van der Waals surface area (Å²) in [6, 6.07) is 2.33. The number of benzene rings is 1. The summed E-state index contributed by atoms with van der Waals surface area (Å²) in [4.78, 5) is 78.1. The molecule has 14 nitrogen and oxygen atoms in total. The Balaban J connectivity index is 2.31. The van der Waals surface area contributed by atoms with Gasteiger partial charge in [0.15, 0.2) is 0 Å². The number of aromatic nitrogens is 1. The number of fused-ring (bicyclic) bond motifs is 1. The lowest BCUT2D eigenvalue weighted by Crippen LogP contribution is -2.58. The molecule has 14 heteroatoms. The van der Waals surface area contributed by atoms with E-state index in [4.69, 9.17) is 10.5 Å². The van der Waals surface area contributed by atoms with E-state index in [2.05, 4.69) is 26.3 Å². The molecule has 43 heavy (non-hydrogen) atoms. The van der Waals surface area contributed by atoms with Crippen molar-refractivity contribution in [1.82, 2.24) is 26.3 Å². The Bertz CT molecular complexity index is 1330. The van der Waals surface area contributed by atoms with Crippen LogP contribution >= 0.6 is 0 Å². The minimum Gasteiger partial charge on any atom is -0.480 e. The van der Waals surface area contributed by atoms with E-state index >= 15 is 0 Å². The third-order valence-corrected chi connectivity index (χ3v) is 6.22. The number of carboxylic acid groups (broad SMARTS) is 1. The number of hydrogen-bond donors (Lipinski definition) is 7. The van der Waals surface area contributed by atoms with Gasteiger partial charge < -0.3 is 41.8 Å². The standard InChI is InChI=1S/C29H42N6O8/c1-15(2)11-20(25(38)35-22(27(40)41)13-23(30)36)34-26(39)21(12-17-14-31-19-10-8-7-9-18(17)19)33-24(37)16(3)32-28(42)43-29(4,5)6/h7-10,14-16,20-22,31H,11-13H2,1-6H3,(H2,30,36)(H,32,42)(H,33,37)(H,34,39)(H,35,38)(H,40,41)/t16-,20-,21-,22-/m0/s1. The number of primary amides is 1. The van der Waals surface area contributed by atoms with Crippen LogP contribution in [0.1, 0.15) is 59.9 Å². The number of carbonyl (C=O) groups excluding carboxylic acids is 5. The summed E-state index contributed by atoms with van der Waals surface area (Å²) in [5, 5.41) is 20.2. The molecule has 236 valence electrons. The van der Waals surface area contributed by atoms with Crippen LogP contribution in [0.3, 0.4) is 0 Å². The third kappa shape index (κ3) is 11.3. The summed E-state index contributed by atoms with van der Waals surface area (Å²) < 4.78 is 5.20. The van der Waals surface area contributed by atoms with E-state index in [0.717, 1.165) is 10.9 Å². The molecule has 0 aliphatic carbocycles. The zero-order valence-electron chi connectivity index (χ0n) is 25.3. The summed E-state index contributed by atoms with van der Waals surface area (Å²) in [6.45, 7) is 10.1. The first-order valence-electron chi connectivity index (χ1n) is 13.9. The van der Waals surface area contributed by atoms with Gasteiger partial charge in [-0.05, 0) is 51.7 Å². The van der Waals surface area contributed by atoms with Crippen LogP contribution in [0.5, 0.6) is 0 Å². The van der Waals surface area contributed by atoms with Gasteiger partial charge in [-0.15, -0.1) is 0 Å². The Labute approximate surface area is 249 Å². The van der Waals surface area contributed by atoms with E-state index in [-0.39, 0.29) is 18.8 Å². The second-order valence-corrected chi connectivity index (χ2v) is 11.8. The van der Waals surface area contributed by atoms with Crippen LogP contribution in [0.15, 0.2) is 30.5 Å². The van der Waals surface area contributed by atoms with Crippen molar-refractivity contribution in [2.75, 3.05) is 0 Å². The minimum atomic E-state index is -1.59. The molecule has 0 fully saturated rings. The highest BCUT2D eigenvalue weighted by Crippen LogP contribution is 2.19. The molecule has 0 aliphatic heterocycles. The molecule has 0 spiro atoms. The maximum atomic E-state index is 13.6. The summed E-state index contributed by atoms with van der Waals surface area (Å²) in [6.07, 6.45) is 0.413. The predicted molar refractivity (Wildman–Crippen MR) is 158 cm³/mol. The lowest BCUT2D eigenvalue weighted by atomic mass is 10.00. The summed E-state index contributed by atoms with van der Waals surface area (Å²) >= 11 is 0. The number of ether oxygens (including phenoxy) is 1. The molecule has 2 aromatic rings. The van der Waals surface area contributed by atoms with Crippen molar-refractivity contribution in [1.29, 1.82) is 0 Å². The zero-order valence-corrected chi connectivity index (χ0v) is 25.3. The second-order valence-electron chi connectivity index (χ2n) is 11.8. The summed E-state index contributed by atoms with van der Waals surface area (Å²) in [5.41, 5.74) is 5.85. The van der Waals surface area contributed by atoms with Crippen molar-refractivity contribution >= 4 is 46.6 Å². The first-order chi connectivity index (χ1) is 20.0. The fourth-order valence-corrected chi connectivity index (χ4v) is 4.23. The van der Waals surface area contributed by atoms with Gasteiger partial charge in [-0.3, -0.25) is 19.2 Å². The van der Waals surface area contributed by atoms with Crippen molar-refractivity contribution < 1.29 is 38.6 Å². The number of nitrogens with two attached hydrogens (primary N) is 1. The van der Waals surface area contributed by atoms with E-state index in [0.29, 0.717) is 5.56 Å². The van der Waals surface area contributed by atoms with Gasteiger partial charge in [-0.1, -0.05) is 32.0 Å². The van der Waals surface area contributed by atoms with Gasteiger partial charge in [0.25, 0.3) is 0 Å². The van der Waals surface area contributed by atoms with Crippen LogP contribution in [-0.4, -0.2) is 75.6 Å². The Morgan fingerprint density at radius 3 is 2.05 bits per heavy atom. The minimum absolute atomic E-state index is 0.0240. The number of aliphatic carboxylic acids is 1. The molecule has 8 N–H and O–H groups in total. The van der Waals surface area contributed by atoms with Crippen LogP contribution in [0, 0.1) is 5.92 Å². The Kier molecular flexibility index (Phi) is 12.1. The maximum absolute atomic E-state index is 13.6. The fourth-order valence-electron chi connectivity index (χ4n) is 4.23. The van der Waals surface area contributed by atoms with Gasteiger partial charge >= 0.3 is 12.1 Å². The number of carbonyl (C=O) groups is 6. The zero-order chi connectivity index (χ0) is 32.5. The maximum Gasteiger partial charge on any atom is 0.408 e. The van der Waals surface area contributed by atoms with E-state index < -0.39 is 71.9 Å². The average Bonchev–Trinajstić information content (AvgIpc) is 3.28. The number of nitrogens with one attached hydrogen (secondary N) is 5. The van der Waals surface area contributed by atoms with E-state index in [1.165, 1.54) is 6.92 Å². The number of H-pyrrole nitrogens is 1. The SMILES string of the molecule is CC(C)C[C@H](NC(=O)[C@H](Cc1c[nH]c2ccccc12)NC(=O)[C@H](C)NC(=O)OC(C)(C)C)C(=O)N[C@@H](CC(N)=O)C(=O)O. The predicted octanol–water partition coefficient (Wildman–Crippen LogP) is 1.08. The molecule has 5 amide bonds. The normalized spacial score (nSPS) is 14.2. The highest BCUT2D eigenvalue weighted by Gasteiger charge is 2.32. The van der Waals surface area contributed by atoms with Crippen molar-refractivity contribution in [3.8, 4) is 0 Å². The molecular weight excluding hydrogens is 560 g/mol. The van der Waals surface area contributed by atoms with Gasteiger partial charge in [0, 0.05) is 23.5 Å². The number of para-hydroxylation sites is 1. The lowest BCUT2D eigenvalue weighted by Gasteiger charge is -2.26. The fraction of sp³-hybridized carbons (Fsp3) is 0.517. The van der Waals surface area contributed by atoms with Gasteiger partial charge in [-0.2, -0.15) is 0 Å². The molecular formula is C29H42N6O8. The van der Waals surface area contributed by atoms with E-state index in [9.17, 15) is 33.9 Å². The van der Waals surface area contributed by atoms with Crippen molar-refractivity contribution in [3.05, 3.63) is 36.0 Å². The molecule has 1 aromatic heterocycles. The lowest BCUT2D eigenvalue weighted by molar-refractivity contribution is -0.143. The van der Waals surface area contributed by atoms with Crippen LogP contribution in [0.25, 0.3) is 10.9 Å². The molecule has 4 atom stereocenters. The molecule has 1 aromatic carbocycles. The summed E-state index contributed by atoms with van der Waals surface area (Å²) in [5.74, 6) is -4.71. The van der Waals surface area contributed by atoms with Gasteiger partial charge in [0.1, 0.15) is 29.8 Å². The van der Waals surface area contributed by atoms with Crippen LogP contribution in [0.4, 0.5) is 4.79 Å². The third-order valence-electron chi connectivity index (χ3n) is 6.22. The van der Waals surface area contributed by atoms with Gasteiger partial charge in [0.2, 0.25) is 23.6 Å². The smallest absolute Gasteiger partial charge is 0.408 e. The molecule has 0 radical (unpaired) electrons. The number of amides is 5. The van der Waals surface area contributed by atoms with E-state index in [1.54, 1.807) is 40.8 Å². The number of alkyl carbamates (subject to hydrolysis) is 1. The van der Waals surface area contributed by atoms with Crippen LogP contribution in [0.2, 0.25) is 0 Å². The number of rotatable bonds is 14. The largest absolute Gasteiger partial charge is 0.480 e. The van der Waals surface area contributed by atoms with Crippen molar-refractivity contribution in [2.24, 2.45) is 11.7 Å². The first-order valence-corrected chi connectivity index (χ1v) is 13.9. The molecule has 0 saturated carbocycles. The van der Waals surface area contributed by atoms with Crippen molar-refractivity contribution in [2.45, 2.75) is 90.6 Å². The van der Waals surface area contributed by atoms with Crippen LogP contribution < -0.4 is 27.0 Å². The van der Waals surface area contributed by atoms with Crippen molar-refractivity contribution in [3.63, 3.8) is 0 Å². The van der Waals surface area contributed by atoms with Crippen LogP contribution in [-0.2, 0) is 35.1 Å². The molecule has 0 saturated heterocycles. The molecule has 1 heterocycles. The quantitative estimate of drug-likeness (QED) is 0.165. The Morgan fingerprint density at radius 1 is 0.884 bits per heavy atom. The number of carboxylic acids is 1. The number of aromatic amines is 1. The average molecular weight is 603 g/mol. The summed E-state index contributed by atoms with van der Waals surface area (Å²) in [7, 11) is 0. The van der Waals surface area contributed by atoms with E-state index in [1.807, 2.05) is 24.3 Å². The topological polar surface area (TPSA) is 222 Å². The second kappa shape index (κ2) is 15.0. The monoisotopic (exact) mass is 602 g/mol. The van der Waals surface area contributed by atoms with Gasteiger partial charge in [-0.25, -0.2) is 9.59 Å². The highest BCUT2D eigenvalue weighted by atomic mass is 16.6. The molecule has 0 bridgehead atoms. The molecule has 0 aliphatic rings. The first kappa shape index (κ1) is 34.6. The Hall–Kier alpha value is -4.62. The molecule has 0 unspecified atom stereocenters. The Morgan fingerprint density at radius 2 is 1.47 bits per heavy atom. The molecule has 2 rings (SSSR count). The highest BCUT2D eigenvalue weighted by molar-refractivity contribution is 5.96. The number of hydrogen-bond acceptors (Lipinski definition) is 7. The van der Waals surface area contributed by atoms with Gasteiger partial charge in [0.05, 0.1) is 6.42 Å².